The van der Waals surface area contributed by atoms with Gasteiger partial charge in [0.2, 0.25) is 0 Å². The number of nitrogens with zero attached hydrogens (tertiary/aromatic N) is 2. The molecule has 1 aliphatic heterocycles. The van der Waals surface area contributed by atoms with Crippen molar-refractivity contribution in [2.75, 3.05) is 39.8 Å². The van der Waals surface area contributed by atoms with E-state index in [0.717, 1.165) is 12.8 Å². The van der Waals surface area contributed by atoms with Crippen LogP contribution >= 0.6 is 0 Å². The van der Waals surface area contributed by atoms with Gasteiger partial charge in [0.25, 0.3) is 0 Å². The summed E-state index contributed by atoms with van der Waals surface area (Å²) in [6.45, 7) is 11.5. The Morgan fingerprint density at radius 3 is 2.36 bits per heavy atom. The Bertz CT molecular complexity index is 93.0. The normalized spacial score (nSPS) is 22.4. The van der Waals surface area contributed by atoms with Crippen molar-refractivity contribution in [3.63, 3.8) is 0 Å². The summed E-state index contributed by atoms with van der Waals surface area (Å²) in [5.74, 6) is 0. The molecule has 2 radical (unpaired) electrons. The zero-order valence-electron chi connectivity index (χ0n) is 7.42. The van der Waals surface area contributed by atoms with Crippen LogP contribution in [0.5, 0.6) is 0 Å². The van der Waals surface area contributed by atoms with Gasteiger partial charge >= 0.3 is 0 Å². The Hall–Kier alpha value is -0.0800. The van der Waals surface area contributed by atoms with E-state index in [1.54, 1.807) is 0 Å². The van der Waals surface area contributed by atoms with Crippen LogP contribution in [0.1, 0.15) is 12.8 Å². The maximum atomic E-state index is 5.44. The minimum atomic E-state index is 0.826. The van der Waals surface area contributed by atoms with E-state index < -0.39 is 0 Å². The molecule has 2 nitrogen and oxygen atoms in total. The fourth-order valence-corrected chi connectivity index (χ4v) is 1.39. The molecule has 1 aliphatic rings. The van der Waals surface area contributed by atoms with E-state index in [9.17, 15) is 0 Å². The van der Waals surface area contributed by atoms with E-state index >= 15 is 0 Å². The molecular formula is C9H18N2. The minimum absolute atomic E-state index is 0.826. The molecule has 1 saturated heterocycles. The predicted octanol–water partition coefficient (Wildman–Crippen LogP) is 0.725. The topological polar surface area (TPSA) is 6.48 Å². The molecule has 0 amide bonds. The summed E-state index contributed by atoms with van der Waals surface area (Å²) in [6.07, 6.45) is 1.97. The summed E-state index contributed by atoms with van der Waals surface area (Å²) in [7, 11) is 2.18. The molecule has 0 saturated carbocycles. The first-order valence-electron chi connectivity index (χ1n) is 4.44. The number of likely N-dealkylation sites (N-methyl/N-ethyl adjacent to an activating group) is 1. The van der Waals surface area contributed by atoms with Gasteiger partial charge in [0.1, 0.15) is 0 Å². The number of hydrogen-bond donors (Lipinski definition) is 0. The highest BCUT2D eigenvalue weighted by molar-refractivity contribution is 4.68. The van der Waals surface area contributed by atoms with Crippen LogP contribution in [0.2, 0.25) is 0 Å². The van der Waals surface area contributed by atoms with Crippen LogP contribution in [0.15, 0.2) is 0 Å². The molecule has 64 valence electrons. The lowest BCUT2D eigenvalue weighted by Crippen LogP contribution is -2.44. The average molecular weight is 154 g/mol. The Kier molecular flexibility index (Phi) is 3.87. The fourth-order valence-electron chi connectivity index (χ4n) is 1.39. The Balaban J connectivity index is 2.07. The standard InChI is InChI=1S/C9H18N2/c1-3-4-5-11-8-6-10(2)7-9-11/h1H,3-9H2,2H3. The first-order valence-corrected chi connectivity index (χ1v) is 4.44. The summed E-state index contributed by atoms with van der Waals surface area (Å²) in [4.78, 5) is 4.87. The van der Waals surface area contributed by atoms with Gasteiger partial charge in [0.05, 0.1) is 0 Å². The van der Waals surface area contributed by atoms with Crippen LogP contribution in [0.3, 0.4) is 0 Å². The molecule has 0 aliphatic carbocycles. The van der Waals surface area contributed by atoms with E-state index in [0.29, 0.717) is 0 Å². The predicted molar refractivity (Wildman–Crippen MR) is 47.5 cm³/mol. The summed E-state index contributed by atoms with van der Waals surface area (Å²) in [6, 6.07) is 0. The van der Waals surface area contributed by atoms with E-state index in [2.05, 4.69) is 16.8 Å². The fraction of sp³-hybridized carbons (Fsp3) is 0.889. The van der Waals surface area contributed by atoms with Crippen LogP contribution in [0, 0.1) is 6.92 Å². The average Bonchev–Trinajstić information content (AvgIpc) is 2.04. The van der Waals surface area contributed by atoms with Crippen molar-refractivity contribution < 1.29 is 0 Å². The van der Waals surface area contributed by atoms with Gasteiger partial charge in [-0.1, -0.05) is 0 Å². The molecule has 0 unspecified atom stereocenters. The summed E-state index contributed by atoms with van der Waals surface area (Å²) >= 11 is 0. The molecule has 1 rings (SSSR count). The molecule has 0 spiro atoms. The Morgan fingerprint density at radius 1 is 1.18 bits per heavy atom. The van der Waals surface area contributed by atoms with Crippen LogP contribution < -0.4 is 0 Å². The SMILES string of the molecule is [CH]CCCN1CCN(C)CC1. The maximum Gasteiger partial charge on any atom is 0.0110 e. The third-order valence-corrected chi connectivity index (χ3v) is 2.27. The van der Waals surface area contributed by atoms with Gasteiger partial charge in [0.15, 0.2) is 0 Å². The van der Waals surface area contributed by atoms with E-state index in [4.69, 9.17) is 6.92 Å². The Labute approximate surface area is 70.2 Å². The van der Waals surface area contributed by atoms with Crippen molar-refractivity contribution >= 4 is 0 Å². The van der Waals surface area contributed by atoms with Gasteiger partial charge in [-0.2, -0.15) is 0 Å². The van der Waals surface area contributed by atoms with Crippen LogP contribution in [0.4, 0.5) is 0 Å². The summed E-state index contributed by atoms with van der Waals surface area (Å²) in [5.41, 5.74) is 0. The molecule has 0 aromatic carbocycles. The lowest BCUT2D eigenvalue weighted by atomic mass is 10.3. The molecule has 2 heteroatoms. The first-order chi connectivity index (χ1) is 5.33. The van der Waals surface area contributed by atoms with Crippen molar-refractivity contribution in [3.8, 4) is 0 Å². The minimum Gasteiger partial charge on any atom is -0.304 e. The highest BCUT2D eigenvalue weighted by atomic mass is 15.2. The molecule has 0 aromatic heterocycles. The molecule has 0 aromatic rings. The largest absolute Gasteiger partial charge is 0.304 e. The van der Waals surface area contributed by atoms with Gasteiger partial charge in [-0.05, 0) is 33.4 Å². The van der Waals surface area contributed by atoms with Crippen LogP contribution in [-0.2, 0) is 0 Å². The van der Waals surface area contributed by atoms with Gasteiger partial charge < -0.3 is 9.80 Å². The molecule has 0 N–H and O–H groups in total. The summed E-state index contributed by atoms with van der Waals surface area (Å²) < 4.78 is 0. The van der Waals surface area contributed by atoms with Gasteiger partial charge in [-0.25, -0.2) is 0 Å². The van der Waals surface area contributed by atoms with Crippen molar-refractivity contribution in [1.29, 1.82) is 0 Å². The summed E-state index contributed by atoms with van der Waals surface area (Å²) in [5, 5.41) is 0. The first kappa shape index (κ1) is 9.01. The monoisotopic (exact) mass is 154 g/mol. The zero-order chi connectivity index (χ0) is 8.10. The zero-order valence-corrected chi connectivity index (χ0v) is 7.42. The highest BCUT2D eigenvalue weighted by Crippen LogP contribution is 2.00. The van der Waals surface area contributed by atoms with Crippen molar-refractivity contribution in [3.05, 3.63) is 6.92 Å². The van der Waals surface area contributed by atoms with Gasteiger partial charge in [-0.15, -0.1) is 0 Å². The lowest BCUT2D eigenvalue weighted by molar-refractivity contribution is 0.153. The van der Waals surface area contributed by atoms with Crippen LogP contribution in [0.25, 0.3) is 0 Å². The smallest absolute Gasteiger partial charge is 0.0110 e. The molecule has 11 heavy (non-hydrogen) atoms. The van der Waals surface area contributed by atoms with Crippen molar-refractivity contribution in [2.24, 2.45) is 0 Å². The van der Waals surface area contributed by atoms with Gasteiger partial charge in [0, 0.05) is 26.2 Å². The molecule has 0 atom stereocenters. The van der Waals surface area contributed by atoms with E-state index in [1.165, 1.54) is 32.7 Å². The second kappa shape index (κ2) is 4.73. The third-order valence-electron chi connectivity index (χ3n) is 2.27. The number of rotatable bonds is 3. The lowest BCUT2D eigenvalue weighted by Gasteiger charge is -2.32. The highest BCUT2D eigenvalue weighted by Gasteiger charge is 2.11. The number of unbranched alkanes of at least 4 members (excludes halogenated alkanes) is 1. The maximum absolute atomic E-state index is 5.44. The molecule has 1 heterocycles. The van der Waals surface area contributed by atoms with Crippen molar-refractivity contribution in [2.45, 2.75) is 12.8 Å². The van der Waals surface area contributed by atoms with E-state index in [-0.39, 0.29) is 0 Å². The van der Waals surface area contributed by atoms with Gasteiger partial charge in [-0.3, -0.25) is 0 Å². The Morgan fingerprint density at radius 2 is 1.82 bits per heavy atom. The number of piperazine rings is 1. The second-order valence-corrected chi connectivity index (χ2v) is 3.29. The van der Waals surface area contributed by atoms with Crippen LogP contribution in [-0.4, -0.2) is 49.6 Å². The quantitative estimate of drug-likeness (QED) is 0.591. The third kappa shape index (κ3) is 3.21. The molecular weight excluding hydrogens is 136 g/mol. The second-order valence-electron chi connectivity index (χ2n) is 3.29. The molecule has 0 bridgehead atoms. The molecule has 1 fully saturated rings. The number of hydrogen-bond acceptors (Lipinski definition) is 2. The van der Waals surface area contributed by atoms with E-state index in [1.807, 2.05) is 0 Å². The van der Waals surface area contributed by atoms with Crippen molar-refractivity contribution in [1.82, 2.24) is 9.80 Å².